The quantitative estimate of drug-likeness (QED) is 0.549. The zero-order chi connectivity index (χ0) is 15.3. The van der Waals surface area contributed by atoms with Crippen LogP contribution in [-0.4, -0.2) is 19.7 Å². The molecule has 1 atom stereocenters. The lowest BCUT2D eigenvalue weighted by Crippen LogP contribution is -2.23. The number of nitrogens with one attached hydrogen (secondary N) is 1. The molecule has 1 unspecified atom stereocenters. The Morgan fingerprint density at radius 2 is 1.57 bits per heavy atom. The molecule has 0 saturated heterocycles. The molecule has 1 aromatic carbocycles. The van der Waals surface area contributed by atoms with Gasteiger partial charge in [0.15, 0.2) is 0 Å². The second-order valence-electron chi connectivity index (χ2n) is 6.01. The van der Waals surface area contributed by atoms with Crippen molar-refractivity contribution in [3.8, 4) is 5.75 Å². The molecule has 0 bridgehead atoms. The van der Waals surface area contributed by atoms with Crippen LogP contribution in [-0.2, 0) is 6.42 Å². The third-order valence-electron chi connectivity index (χ3n) is 3.97. The zero-order valence-corrected chi connectivity index (χ0v) is 14.2. The van der Waals surface area contributed by atoms with Gasteiger partial charge < -0.3 is 10.1 Å². The predicted molar refractivity (Wildman–Crippen MR) is 92.2 cm³/mol. The molecule has 0 fully saturated rings. The molecule has 1 N–H and O–H groups in total. The highest BCUT2D eigenvalue weighted by Crippen LogP contribution is 2.14. The van der Waals surface area contributed by atoms with Gasteiger partial charge in [0.1, 0.15) is 5.75 Å². The van der Waals surface area contributed by atoms with Gasteiger partial charge in [-0.3, -0.25) is 0 Å². The molecule has 0 spiro atoms. The van der Waals surface area contributed by atoms with Crippen molar-refractivity contribution in [3.63, 3.8) is 0 Å². The molecule has 0 saturated carbocycles. The maximum Gasteiger partial charge on any atom is 0.119 e. The van der Waals surface area contributed by atoms with E-state index in [0.29, 0.717) is 6.04 Å². The molecule has 2 heteroatoms. The first-order chi connectivity index (χ1) is 10.3. The van der Waals surface area contributed by atoms with Gasteiger partial charge in [0.2, 0.25) is 0 Å². The SMILES string of the molecule is CCCCCCCCCOc1ccc(CC(C)NC)cc1. The molecule has 21 heavy (non-hydrogen) atoms. The van der Waals surface area contributed by atoms with Gasteiger partial charge in [0.05, 0.1) is 6.61 Å². The van der Waals surface area contributed by atoms with Gasteiger partial charge in [-0.1, -0.05) is 57.6 Å². The summed E-state index contributed by atoms with van der Waals surface area (Å²) in [6.07, 6.45) is 10.4. The van der Waals surface area contributed by atoms with Gasteiger partial charge in [-0.05, 0) is 44.5 Å². The molecule has 1 aromatic rings. The Balaban J connectivity index is 2.10. The second-order valence-corrected chi connectivity index (χ2v) is 6.01. The molecule has 0 heterocycles. The highest BCUT2D eigenvalue weighted by molar-refractivity contribution is 5.27. The Hall–Kier alpha value is -1.02. The first-order valence-corrected chi connectivity index (χ1v) is 8.65. The number of hydrogen-bond donors (Lipinski definition) is 1. The van der Waals surface area contributed by atoms with E-state index >= 15 is 0 Å². The van der Waals surface area contributed by atoms with Crippen LogP contribution in [0.3, 0.4) is 0 Å². The topological polar surface area (TPSA) is 21.3 Å². The standard InChI is InChI=1S/C19H33NO/c1-4-5-6-7-8-9-10-15-21-19-13-11-18(12-14-19)16-17(2)20-3/h11-14,17,20H,4-10,15-16H2,1-3H3. The van der Waals surface area contributed by atoms with Crippen molar-refractivity contribution in [1.82, 2.24) is 5.32 Å². The Morgan fingerprint density at radius 1 is 0.952 bits per heavy atom. The van der Waals surface area contributed by atoms with Gasteiger partial charge >= 0.3 is 0 Å². The minimum Gasteiger partial charge on any atom is -0.494 e. The summed E-state index contributed by atoms with van der Waals surface area (Å²) in [6.45, 7) is 5.31. The third-order valence-corrected chi connectivity index (χ3v) is 3.97. The van der Waals surface area contributed by atoms with Crippen LogP contribution in [0.2, 0.25) is 0 Å². The van der Waals surface area contributed by atoms with Crippen molar-refractivity contribution in [2.75, 3.05) is 13.7 Å². The monoisotopic (exact) mass is 291 g/mol. The third kappa shape index (κ3) is 8.77. The number of rotatable bonds is 12. The Kier molecular flexibility index (Phi) is 9.98. The molecule has 2 nitrogen and oxygen atoms in total. The molecular weight excluding hydrogens is 258 g/mol. The van der Waals surface area contributed by atoms with Crippen LogP contribution in [0, 0.1) is 0 Å². The highest BCUT2D eigenvalue weighted by atomic mass is 16.5. The van der Waals surface area contributed by atoms with Gasteiger partial charge in [0.25, 0.3) is 0 Å². The number of ether oxygens (including phenoxy) is 1. The molecule has 0 radical (unpaired) electrons. The van der Waals surface area contributed by atoms with Gasteiger partial charge in [-0.25, -0.2) is 0 Å². The zero-order valence-electron chi connectivity index (χ0n) is 14.2. The Morgan fingerprint density at radius 3 is 2.19 bits per heavy atom. The van der Waals surface area contributed by atoms with E-state index in [1.54, 1.807) is 0 Å². The van der Waals surface area contributed by atoms with Crippen molar-refractivity contribution >= 4 is 0 Å². The van der Waals surface area contributed by atoms with E-state index in [9.17, 15) is 0 Å². The molecule has 0 aliphatic carbocycles. The summed E-state index contributed by atoms with van der Waals surface area (Å²) in [5, 5.41) is 3.26. The van der Waals surface area contributed by atoms with E-state index in [0.717, 1.165) is 18.8 Å². The van der Waals surface area contributed by atoms with Crippen LogP contribution in [0.4, 0.5) is 0 Å². The number of hydrogen-bond acceptors (Lipinski definition) is 2. The number of unbranched alkanes of at least 4 members (excludes halogenated alkanes) is 6. The fraction of sp³-hybridized carbons (Fsp3) is 0.684. The predicted octanol–water partition coefficient (Wildman–Crippen LogP) is 4.97. The average molecular weight is 291 g/mol. The number of benzene rings is 1. The van der Waals surface area contributed by atoms with Crippen molar-refractivity contribution < 1.29 is 4.74 Å². The first-order valence-electron chi connectivity index (χ1n) is 8.65. The summed E-state index contributed by atoms with van der Waals surface area (Å²) in [7, 11) is 2.00. The van der Waals surface area contributed by atoms with Crippen molar-refractivity contribution in [3.05, 3.63) is 29.8 Å². The van der Waals surface area contributed by atoms with Crippen molar-refractivity contribution in [2.24, 2.45) is 0 Å². The van der Waals surface area contributed by atoms with Crippen LogP contribution >= 0.6 is 0 Å². The van der Waals surface area contributed by atoms with Crippen LogP contribution < -0.4 is 10.1 Å². The van der Waals surface area contributed by atoms with Crippen LogP contribution in [0.5, 0.6) is 5.75 Å². The van der Waals surface area contributed by atoms with Crippen LogP contribution in [0.1, 0.15) is 64.4 Å². The smallest absolute Gasteiger partial charge is 0.119 e. The van der Waals surface area contributed by atoms with Crippen LogP contribution in [0.15, 0.2) is 24.3 Å². The van der Waals surface area contributed by atoms with E-state index < -0.39 is 0 Å². The molecular formula is C19H33NO. The van der Waals surface area contributed by atoms with Crippen molar-refractivity contribution in [1.29, 1.82) is 0 Å². The van der Waals surface area contributed by atoms with E-state index in [1.807, 2.05) is 7.05 Å². The summed E-state index contributed by atoms with van der Waals surface area (Å²) in [5.74, 6) is 1.00. The average Bonchev–Trinajstić information content (AvgIpc) is 2.51. The minimum atomic E-state index is 0.518. The van der Waals surface area contributed by atoms with Gasteiger partial charge in [-0.15, -0.1) is 0 Å². The maximum absolute atomic E-state index is 5.80. The summed E-state index contributed by atoms with van der Waals surface area (Å²) >= 11 is 0. The summed E-state index contributed by atoms with van der Waals surface area (Å²) in [5.41, 5.74) is 1.36. The lowest BCUT2D eigenvalue weighted by molar-refractivity contribution is 0.304. The van der Waals surface area contributed by atoms with E-state index in [1.165, 1.54) is 50.5 Å². The fourth-order valence-corrected chi connectivity index (χ4v) is 2.43. The Bertz CT molecular complexity index is 347. The second kappa shape index (κ2) is 11.6. The molecule has 120 valence electrons. The lowest BCUT2D eigenvalue weighted by Gasteiger charge is -2.11. The van der Waals surface area contributed by atoms with Gasteiger partial charge in [0, 0.05) is 6.04 Å². The molecule has 0 aliphatic rings. The number of likely N-dealkylation sites (N-methyl/N-ethyl adjacent to an activating group) is 1. The molecule has 0 aliphatic heterocycles. The summed E-state index contributed by atoms with van der Waals surface area (Å²) in [6, 6.07) is 9.06. The lowest BCUT2D eigenvalue weighted by atomic mass is 10.1. The maximum atomic E-state index is 5.80. The van der Waals surface area contributed by atoms with E-state index in [-0.39, 0.29) is 0 Å². The fourth-order valence-electron chi connectivity index (χ4n) is 2.43. The minimum absolute atomic E-state index is 0.518. The normalized spacial score (nSPS) is 12.3. The van der Waals surface area contributed by atoms with E-state index in [4.69, 9.17) is 4.74 Å². The molecule has 0 aromatic heterocycles. The summed E-state index contributed by atoms with van der Waals surface area (Å²) < 4.78 is 5.80. The first kappa shape index (κ1) is 18.0. The largest absolute Gasteiger partial charge is 0.494 e. The highest BCUT2D eigenvalue weighted by Gasteiger charge is 2.01. The van der Waals surface area contributed by atoms with E-state index in [2.05, 4.69) is 43.4 Å². The summed E-state index contributed by atoms with van der Waals surface area (Å²) in [4.78, 5) is 0. The Labute approximate surface area is 131 Å². The van der Waals surface area contributed by atoms with Gasteiger partial charge in [-0.2, -0.15) is 0 Å². The van der Waals surface area contributed by atoms with Crippen LogP contribution in [0.25, 0.3) is 0 Å². The molecule has 0 amide bonds. The molecule has 1 rings (SSSR count). The van der Waals surface area contributed by atoms with Crippen molar-refractivity contribution in [2.45, 2.75) is 71.3 Å².